The summed E-state index contributed by atoms with van der Waals surface area (Å²) < 4.78 is 0. The Morgan fingerprint density at radius 2 is 1.48 bits per heavy atom. The first kappa shape index (κ1) is 20.5. The molecular weight excluding hydrogens is 344 g/mol. The first-order valence-electron chi connectivity index (χ1n) is 9.02. The predicted octanol–water partition coefficient (Wildman–Crippen LogP) is 3.53. The largest absolute Gasteiger partial charge is 0.481 e. The lowest BCUT2D eigenvalue weighted by Gasteiger charge is -2.13. The molecule has 5 nitrogen and oxygen atoms in total. The molecule has 0 radical (unpaired) electrons. The number of carbonyl (C=O) groups excluding carboxylic acids is 2. The molecule has 0 amide bonds. The number of hydrogen-bond donors (Lipinski definition) is 2. The van der Waals surface area contributed by atoms with Crippen molar-refractivity contribution in [2.24, 2.45) is 5.92 Å². The summed E-state index contributed by atoms with van der Waals surface area (Å²) in [4.78, 5) is 35.0. The normalized spacial score (nSPS) is 11.8. The predicted molar refractivity (Wildman–Crippen MR) is 103 cm³/mol. The zero-order valence-electron chi connectivity index (χ0n) is 15.4. The lowest BCUT2D eigenvalue weighted by atomic mass is 9.90. The molecule has 27 heavy (non-hydrogen) atoms. The average Bonchev–Trinajstić information content (AvgIpc) is 2.70. The van der Waals surface area contributed by atoms with Gasteiger partial charge < -0.3 is 10.2 Å². The third-order valence-corrected chi connectivity index (χ3v) is 4.65. The van der Waals surface area contributed by atoms with E-state index in [9.17, 15) is 14.4 Å². The van der Waals surface area contributed by atoms with E-state index < -0.39 is 24.3 Å². The maximum atomic E-state index is 12.5. The number of carboxylic acid groups (broad SMARTS) is 1. The van der Waals surface area contributed by atoms with E-state index in [2.05, 4.69) is 19.1 Å². The van der Waals surface area contributed by atoms with E-state index in [4.69, 9.17) is 10.2 Å². The van der Waals surface area contributed by atoms with Crippen molar-refractivity contribution < 1.29 is 24.6 Å². The molecule has 0 saturated heterocycles. The smallest absolute Gasteiger partial charge is 0.303 e. The summed E-state index contributed by atoms with van der Waals surface area (Å²) in [6, 6.07) is 15.4. The summed E-state index contributed by atoms with van der Waals surface area (Å²) >= 11 is 0. The number of rotatable bonds is 10. The number of Topliss-reactive ketones (excluding diaryl/α,β-unsaturated/α-hetero) is 2. The third-order valence-electron chi connectivity index (χ3n) is 4.65. The van der Waals surface area contributed by atoms with Gasteiger partial charge in [0.05, 0.1) is 0 Å². The second kappa shape index (κ2) is 9.78. The van der Waals surface area contributed by atoms with Crippen molar-refractivity contribution in [3.05, 3.63) is 59.7 Å². The Bertz CT molecular complexity index is 790. The number of aliphatic hydroxyl groups is 1. The van der Waals surface area contributed by atoms with Crippen LogP contribution in [0.3, 0.4) is 0 Å². The second-order valence-electron chi connectivity index (χ2n) is 6.51. The molecule has 2 aromatic carbocycles. The molecule has 0 unspecified atom stereocenters. The summed E-state index contributed by atoms with van der Waals surface area (Å²) in [6.45, 7) is 1.41. The number of hydrogen-bond acceptors (Lipinski definition) is 4. The summed E-state index contributed by atoms with van der Waals surface area (Å²) in [6.07, 6.45) is 0.708. The second-order valence-corrected chi connectivity index (χ2v) is 6.51. The lowest BCUT2D eigenvalue weighted by Crippen LogP contribution is -2.22. The minimum Gasteiger partial charge on any atom is -0.481 e. The van der Waals surface area contributed by atoms with Crippen LogP contribution in [0.5, 0.6) is 0 Å². The highest BCUT2D eigenvalue weighted by atomic mass is 16.4. The highest BCUT2D eigenvalue weighted by Gasteiger charge is 2.22. The van der Waals surface area contributed by atoms with Gasteiger partial charge in [0.2, 0.25) is 0 Å². The Labute approximate surface area is 158 Å². The molecule has 0 spiro atoms. The van der Waals surface area contributed by atoms with Gasteiger partial charge in [-0.25, -0.2) is 0 Å². The number of aliphatic carboxylic acids is 1. The molecule has 142 valence electrons. The van der Waals surface area contributed by atoms with Crippen LogP contribution in [0.15, 0.2) is 48.5 Å². The molecular formula is C22H24O5. The van der Waals surface area contributed by atoms with E-state index in [0.29, 0.717) is 5.56 Å². The number of ketones is 2. The fraction of sp³-hybridized carbons (Fsp3) is 0.318. The molecule has 0 bridgehead atoms. The molecule has 0 aliphatic carbocycles. The Morgan fingerprint density at radius 1 is 0.926 bits per heavy atom. The minimum absolute atomic E-state index is 0.0440. The molecule has 0 aliphatic rings. The van der Waals surface area contributed by atoms with Gasteiger partial charge in [-0.3, -0.25) is 14.4 Å². The van der Waals surface area contributed by atoms with Gasteiger partial charge in [0.15, 0.2) is 11.6 Å². The van der Waals surface area contributed by atoms with Crippen LogP contribution in [0.1, 0.15) is 42.1 Å². The number of carbonyl (C=O) groups is 3. The molecule has 1 atom stereocenters. The molecule has 0 saturated carbocycles. The van der Waals surface area contributed by atoms with E-state index in [1.807, 2.05) is 24.3 Å². The molecule has 2 aromatic rings. The quantitative estimate of drug-likeness (QED) is 0.626. The van der Waals surface area contributed by atoms with Crippen LogP contribution in [-0.2, 0) is 16.0 Å². The standard InChI is InChI=1S/C22H24O5/c1-2-15-3-5-16(6-4-15)17-7-9-18(10-8-17)20(24)13-19(21(25)14-23)11-12-22(26)27/h3-10,19,23H,2,11-14H2,1H3,(H,26,27)/t19-/m0/s1. The zero-order valence-corrected chi connectivity index (χ0v) is 15.4. The van der Waals surface area contributed by atoms with E-state index in [-0.39, 0.29) is 25.0 Å². The van der Waals surface area contributed by atoms with E-state index >= 15 is 0 Å². The minimum atomic E-state index is -1.03. The molecule has 2 N–H and O–H groups in total. The first-order chi connectivity index (χ1) is 12.9. The molecule has 0 aliphatic heterocycles. The highest BCUT2D eigenvalue weighted by molar-refractivity contribution is 5.99. The van der Waals surface area contributed by atoms with E-state index in [1.165, 1.54) is 5.56 Å². The summed E-state index contributed by atoms with van der Waals surface area (Å²) in [5, 5.41) is 17.8. The summed E-state index contributed by atoms with van der Waals surface area (Å²) in [5.74, 6) is -2.55. The van der Waals surface area contributed by atoms with Crippen molar-refractivity contribution in [1.82, 2.24) is 0 Å². The molecule has 2 rings (SSSR count). The van der Waals surface area contributed by atoms with Crippen LogP contribution in [0, 0.1) is 5.92 Å². The van der Waals surface area contributed by atoms with Crippen LogP contribution in [0.25, 0.3) is 11.1 Å². The van der Waals surface area contributed by atoms with Crippen LogP contribution in [0.2, 0.25) is 0 Å². The number of aryl methyl sites for hydroxylation is 1. The van der Waals surface area contributed by atoms with Crippen LogP contribution >= 0.6 is 0 Å². The monoisotopic (exact) mass is 368 g/mol. The SMILES string of the molecule is CCc1ccc(-c2ccc(C(=O)C[C@H](CCC(=O)O)C(=O)CO)cc2)cc1. The number of carboxylic acids is 1. The highest BCUT2D eigenvalue weighted by Crippen LogP contribution is 2.22. The van der Waals surface area contributed by atoms with Crippen molar-refractivity contribution in [3.63, 3.8) is 0 Å². The van der Waals surface area contributed by atoms with Crippen molar-refractivity contribution in [2.45, 2.75) is 32.6 Å². The third kappa shape index (κ3) is 5.86. The molecule has 0 aromatic heterocycles. The maximum Gasteiger partial charge on any atom is 0.303 e. The average molecular weight is 368 g/mol. The summed E-state index contributed by atoms with van der Waals surface area (Å²) in [7, 11) is 0. The fourth-order valence-electron chi connectivity index (χ4n) is 2.93. The fourth-order valence-corrected chi connectivity index (χ4v) is 2.93. The Kier molecular flexibility index (Phi) is 7.44. The van der Waals surface area contributed by atoms with Crippen molar-refractivity contribution >= 4 is 17.5 Å². The van der Waals surface area contributed by atoms with Gasteiger partial charge >= 0.3 is 5.97 Å². The maximum absolute atomic E-state index is 12.5. The number of aliphatic hydroxyl groups excluding tert-OH is 1. The van der Waals surface area contributed by atoms with Gasteiger partial charge in [0.25, 0.3) is 0 Å². The Morgan fingerprint density at radius 3 is 1.96 bits per heavy atom. The molecule has 0 heterocycles. The first-order valence-corrected chi connectivity index (χ1v) is 9.02. The summed E-state index contributed by atoms with van der Waals surface area (Å²) in [5.41, 5.74) is 3.77. The van der Waals surface area contributed by atoms with Crippen molar-refractivity contribution in [3.8, 4) is 11.1 Å². The topological polar surface area (TPSA) is 91.7 Å². The van der Waals surface area contributed by atoms with E-state index in [0.717, 1.165) is 17.5 Å². The van der Waals surface area contributed by atoms with Gasteiger partial charge in [-0.2, -0.15) is 0 Å². The Balaban J connectivity index is 2.08. The molecule has 0 fully saturated rings. The Hall–Kier alpha value is -2.79. The van der Waals surface area contributed by atoms with Crippen molar-refractivity contribution in [1.29, 1.82) is 0 Å². The van der Waals surface area contributed by atoms with Crippen LogP contribution in [0.4, 0.5) is 0 Å². The van der Waals surface area contributed by atoms with Crippen molar-refractivity contribution in [2.75, 3.05) is 6.61 Å². The zero-order chi connectivity index (χ0) is 19.8. The van der Waals surface area contributed by atoms with Gasteiger partial charge in [-0.05, 0) is 29.5 Å². The van der Waals surface area contributed by atoms with Gasteiger partial charge in [-0.1, -0.05) is 55.5 Å². The van der Waals surface area contributed by atoms with Crippen LogP contribution in [-0.4, -0.2) is 34.4 Å². The van der Waals surface area contributed by atoms with Gasteiger partial charge in [0.1, 0.15) is 6.61 Å². The molecule has 5 heteroatoms. The lowest BCUT2D eigenvalue weighted by molar-refractivity contribution is -0.137. The van der Waals surface area contributed by atoms with Crippen LogP contribution < -0.4 is 0 Å². The van der Waals surface area contributed by atoms with Gasteiger partial charge in [-0.15, -0.1) is 0 Å². The van der Waals surface area contributed by atoms with E-state index in [1.54, 1.807) is 12.1 Å². The van der Waals surface area contributed by atoms with Gasteiger partial charge in [0, 0.05) is 24.3 Å². The number of benzene rings is 2.